The van der Waals surface area contributed by atoms with Gasteiger partial charge in [-0.2, -0.15) is 0 Å². The maximum absolute atomic E-state index is 12.6. The van der Waals surface area contributed by atoms with Gasteiger partial charge in [0, 0.05) is 32.7 Å². The van der Waals surface area contributed by atoms with Gasteiger partial charge in [-0.15, -0.1) is 11.7 Å². The lowest BCUT2D eigenvalue weighted by Crippen LogP contribution is -2.48. The highest BCUT2D eigenvalue weighted by Crippen LogP contribution is 2.14. The van der Waals surface area contributed by atoms with Crippen molar-refractivity contribution in [3.8, 4) is 5.69 Å². The van der Waals surface area contributed by atoms with Gasteiger partial charge in [-0.1, -0.05) is 17.4 Å². The first-order valence-electron chi connectivity index (χ1n) is 8.21. The van der Waals surface area contributed by atoms with E-state index in [9.17, 15) is 4.79 Å². The van der Waals surface area contributed by atoms with Crippen molar-refractivity contribution in [1.29, 1.82) is 0 Å². The van der Waals surface area contributed by atoms with Crippen LogP contribution >= 0.6 is 0 Å². The lowest BCUT2D eigenvalue weighted by molar-refractivity contribution is 0.0644. The molecule has 2 heterocycles. The Morgan fingerprint density at radius 2 is 1.96 bits per heavy atom. The van der Waals surface area contributed by atoms with Crippen molar-refractivity contribution in [1.82, 2.24) is 24.8 Å². The van der Waals surface area contributed by atoms with Gasteiger partial charge < -0.3 is 4.90 Å². The molecule has 3 rings (SSSR count). The Morgan fingerprint density at radius 3 is 2.62 bits per heavy atom. The summed E-state index contributed by atoms with van der Waals surface area (Å²) in [5.74, 6) is -0.0525. The lowest BCUT2D eigenvalue weighted by Gasteiger charge is -2.33. The fourth-order valence-electron chi connectivity index (χ4n) is 2.83. The molecule has 0 atom stereocenters. The molecule has 24 heavy (non-hydrogen) atoms. The van der Waals surface area contributed by atoms with Gasteiger partial charge in [-0.05, 0) is 37.1 Å². The molecule has 1 aromatic heterocycles. The van der Waals surface area contributed by atoms with E-state index < -0.39 is 0 Å². The molecule has 6 nitrogen and oxygen atoms in total. The zero-order valence-corrected chi connectivity index (χ0v) is 14.3. The van der Waals surface area contributed by atoms with E-state index in [1.165, 1.54) is 11.1 Å². The van der Waals surface area contributed by atoms with E-state index in [1.807, 2.05) is 29.2 Å². The predicted octanol–water partition coefficient (Wildman–Crippen LogP) is 1.83. The van der Waals surface area contributed by atoms with E-state index in [2.05, 4.69) is 35.6 Å². The van der Waals surface area contributed by atoms with Crippen LogP contribution in [0.5, 0.6) is 0 Å². The predicted molar refractivity (Wildman–Crippen MR) is 93.4 cm³/mol. The van der Waals surface area contributed by atoms with Gasteiger partial charge in [0.25, 0.3) is 5.91 Å². The van der Waals surface area contributed by atoms with Crippen molar-refractivity contribution in [2.24, 2.45) is 0 Å². The number of hydrogen-bond acceptors (Lipinski definition) is 4. The van der Waals surface area contributed by atoms with Gasteiger partial charge in [-0.3, -0.25) is 9.69 Å². The quantitative estimate of drug-likeness (QED) is 0.805. The fraction of sp³-hybridized carbons (Fsp3) is 0.389. The van der Waals surface area contributed by atoms with Crippen LogP contribution < -0.4 is 0 Å². The van der Waals surface area contributed by atoms with Gasteiger partial charge in [0.15, 0.2) is 5.69 Å². The summed E-state index contributed by atoms with van der Waals surface area (Å²) in [6.07, 6.45) is 3.61. The maximum atomic E-state index is 12.6. The minimum atomic E-state index is -0.0525. The van der Waals surface area contributed by atoms with E-state index in [0.717, 1.165) is 25.3 Å². The molecule has 0 saturated carbocycles. The molecular weight excluding hydrogens is 302 g/mol. The molecule has 1 aliphatic heterocycles. The Bertz CT molecular complexity index is 744. The Kier molecular flexibility index (Phi) is 4.76. The number of rotatable bonds is 4. The second-order valence-electron chi connectivity index (χ2n) is 6.20. The summed E-state index contributed by atoms with van der Waals surface area (Å²) in [6.45, 7) is 11.9. The summed E-state index contributed by atoms with van der Waals surface area (Å²) in [5, 5.41) is 8.18. The minimum absolute atomic E-state index is 0.0525. The number of carbonyl (C=O) groups is 1. The lowest BCUT2D eigenvalue weighted by atomic mass is 10.1. The molecule has 0 spiro atoms. The van der Waals surface area contributed by atoms with Crippen LogP contribution in [-0.4, -0.2) is 63.4 Å². The van der Waals surface area contributed by atoms with E-state index in [0.29, 0.717) is 18.8 Å². The summed E-state index contributed by atoms with van der Waals surface area (Å²) in [7, 11) is 0. The van der Waals surface area contributed by atoms with Crippen LogP contribution in [0.4, 0.5) is 0 Å². The molecule has 0 radical (unpaired) electrons. The number of nitrogens with zero attached hydrogens (tertiary/aromatic N) is 5. The molecule has 6 heteroatoms. The molecule has 0 N–H and O–H groups in total. The zero-order valence-electron chi connectivity index (χ0n) is 14.3. The van der Waals surface area contributed by atoms with Crippen LogP contribution in [0.15, 0.2) is 37.1 Å². The van der Waals surface area contributed by atoms with Crippen molar-refractivity contribution in [3.63, 3.8) is 0 Å². The van der Waals surface area contributed by atoms with Crippen LogP contribution in [0.3, 0.4) is 0 Å². The summed E-state index contributed by atoms with van der Waals surface area (Å²) in [6, 6.07) is 6.08. The van der Waals surface area contributed by atoms with Gasteiger partial charge in [0.1, 0.15) is 0 Å². The van der Waals surface area contributed by atoms with Crippen molar-refractivity contribution in [2.45, 2.75) is 13.8 Å². The smallest absolute Gasteiger partial charge is 0.276 e. The van der Waals surface area contributed by atoms with E-state index in [1.54, 1.807) is 10.9 Å². The minimum Gasteiger partial charge on any atom is -0.335 e. The first-order chi connectivity index (χ1) is 11.6. The molecule has 1 fully saturated rings. The molecule has 2 aromatic rings. The number of hydrogen-bond donors (Lipinski definition) is 0. The summed E-state index contributed by atoms with van der Waals surface area (Å²) < 4.78 is 1.66. The van der Waals surface area contributed by atoms with Crippen molar-refractivity contribution in [3.05, 3.63) is 53.9 Å². The van der Waals surface area contributed by atoms with E-state index >= 15 is 0 Å². The zero-order chi connectivity index (χ0) is 17.1. The largest absolute Gasteiger partial charge is 0.335 e. The molecule has 1 aromatic carbocycles. The van der Waals surface area contributed by atoms with Crippen LogP contribution in [0.2, 0.25) is 0 Å². The Labute approximate surface area is 142 Å². The fourth-order valence-corrected chi connectivity index (χ4v) is 2.83. The van der Waals surface area contributed by atoms with Crippen LogP contribution in [-0.2, 0) is 0 Å². The summed E-state index contributed by atoms with van der Waals surface area (Å²) >= 11 is 0. The van der Waals surface area contributed by atoms with E-state index in [-0.39, 0.29) is 5.91 Å². The number of aromatic nitrogens is 3. The number of amides is 1. The maximum Gasteiger partial charge on any atom is 0.276 e. The van der Waals surface area contributed by atoms with Crippen LogP contribution in [0.1, 0.15) is 21.6 Å². The third kappa shape index (κ3) is 3.38. The molecule has 1 saturated heterocycles. The number of aryl methyl sites for hydroxylation is 2. The first kappa shape index (κ1) is 16.4. The van der Waals surface area contributed by atoms with Crippen molar-refractivity contribution < 1.29 is 4.79 Å². The third-order valence-electron chi connectivity index (χ3n) is 4.51. The SMILES string of the molecule is C=CCN1CCN(C(=O)c2cn(-c3ccc(C)c(C)c3)nn2)CC1. The molecule has 1 aliphatic rings. The van der Waals surface area contributed by atoms with Gasteiger partial charge in [0.2, 0.25) is 0 Å². The van der Waals surface area contributed by atoms with E-state index in [4.69, 9.17) is 0 Å². The molecule has 0 aliphatic carbocycles. The second-order valence-corrected chi connectivity index (χ2v) is 6.20. The Morgan fingerprint density at radius 1 is 1.21 bits per heavy atom. The highest BCUT2D eigenvalue weighted by molar-refractivity contribution is 5.92. The van der Waals surface area contributed by atoms with Gasteiger partial charge >= 0.3 is 0 Å². The highest BCUT2D eigenvalue weighted by atomic mass is 16.2. The standard InChI is InChI=1S/C18H23N5O/c1-4-7-21-8-10-22(11-9-21)18(24)17-13-23(20-19-17)16-6-5-14(2)15(3)12-16/h4-6,12-13H,1,7-11H2,2-3H3. The average Bonchev–Trinajstić information content (AvgIpc) is 3.08. The summed E-state index contributed by atoms with van der Waals surface area (Å²) in [5.41, 5.74) is 3.73. The molecule has 1 amide bonds. The normalized spacial score (nSPS) is 15.5. The first-order valence-corrected chi connectivity index (χ1v) is 8.21. The molecular formula is C18H23N5O. The Balaban J connectivity index is 1.70. The number of piperazine rings is 1. The molecule has 0 unspecified atom stereocenters. The van der Waals surface area contributed by atoms with Gasteiger partial charge in [-0.25, -0.2) is 4.68 Å². The average molecular weight is 325 g/mol. The number of carbonyl (C=O) groups excluding carboxylic acids is 1. The van der Waals surface area contributed by atoms with Crippen molar-refractivity contribution in [2.75, 3.05) is 32.7 Å². The topological polar surface area (TPSA) is 54.3 Å². The van der Waals surface area contributed by atoms with Crippen LogP contribution in [0, 0.1) is 13.8 Å². The van der Waals surface area contributed by atoms with Gasteiger partial charge in [0.05, 0.1) is 11.9 Å². The number of benzene rings is 1. The Hall–Kier alpha value is -2.47. The van der Waals surface area contributed by atoms with Crippen molar-refractivity contribution >= 4 is 5.91 Å². The highest BCUT2D eigenvalue weighted by Gasteiger charge is 2.23. The third-order valence-corrected chi connectivity index (χ3v) is 4.51. The molecule has 126 valence electrons. The summed E-state index contributed by atoms with van der Waals surface area (Å²) in [4.78, 5) is 16.7. The van der Waals surface area contributed by atoms with Crippen LogP contribution in [0.25, 0.3) is 5.69 Å². The monoisotopic (exact) mass is 325 g/mol. The second kappa shape index (κ2) is 6.97. The molecule has 0 bridgehead atoms.